The smallest absolute Gasteiger partial charge is 0.416 e. The first kappa shape index (κ1) is 25.1. The summed E-state index contributed by atoms with van der Waals surface area (Å²) in [6.07, 6.45) is -4.56. The minimum atomic E-state index is -4.56. The van der Waals surface area contributed by atoms with E-state index in [0.717, 1.165) is 23.3 Å². The molecule has 0 radical (unpaired) electrons. The Hall–Kier alpha value is -4.59. The van der Waals surface area contributed by atoms with Crippen molar-refractivity contribution in [2.75, 3.05) is 0 Å². The van der Waals surface area contributed by atoms with Crippen LogP contribution in [-0.2, 0) is 6.18 Å². The van der Waals surface area contributed by atoms with Crippen molar-refractivity contribution < 1.29 is 23.4 Å². The average Bonchev–Trinajstić information content (AvgIpc) is 3.18. The van der Waals surface area contributed by atoms with Crippen molar-refractivity contribution in [3.05, 3.63) is 102 Å². The third-order valence-corrected chi connectivity index (χ3v) is 6.42. The van der Waals surface area contributed by atoms with E-state index in [-0.39, 0.29) is 39.8 Å². The zero-order valence-corrected chi connectivity index (χ0v) is 20.6. The molecule has 0 fully saturated rings. The second-order valence-electron chi connectivity index (χ2n) is 9.22. The summed E-state index contributed by atoms with van der Waals surface area (Å²) in [6, 6.07) is 24.7. The van der Waals surface area contributed by atoms with Gasteiger partial charge in [0.2, 0.25) is 5.88 Å². The summed E-state index contributed by atoms with van der Waals surface area (Å²) < 4.78 is 42.0. The number of aromatic nitrogens is 1. The molecule has 0 saturated heterocycles. The second kappa shape index (κ2) is 9.70. The van der Waals surface area contributed by atoms with E-state index in [1.54, 1.807) is 30.3 Å². The Morgan fingerprint density at radius 3 is 2.16 bits per heavy atom. The molecule has 0 unspecified atom stereocenters. The van der Waals surface area contributed by atoms with E-state index in [1.807, 2.05) is 56.3 Å². The zero-order chi connectivity index (χ0) is 27.0. The maximum absolute atomic E-state index is 13.5. The molecule has 0 bridgehead atoms. The van der Waals surface area contributed by atoms with Gasteiger partial charge in [-0.2, -0.15) is 13.2 Å². The molecule has 38 heavy (non-hydrogen) atoms. The maximum atomic E-state index is 13.5. The minimum Gasteiger partial charge on any atom is -0.505 e. The number of halogens is 3. The molecular formula is C30H24F3N3O2. The van der Waals surface area contributed by atoms with Gasteiger partial charge in [-0.15, -0.1) is 10.2 Å². The summed E-state index contributed by atoms with van der Waals surface area (Å²) in [5.41, 5.74) is 2.29. The molecular weight excluding hydrogens is 491 g/mol. The van der Waals surface area contributed by atoms with Crippen LogP contribution in [0.5, 0.6) is 11.6 Å². The normalized spacial score (nSPS) is 12.2. The van der Waals surface area contributed by atoms with E-state index in [4.69, 9.17) is 0 Å². The largest absolute Gasteiger partial charge is 0.505 e. The Morgan fingerprint density at radius 1 is 0.789 bits per heavy atom. The predicted octanol–water partition coefficient (Wildman–Crippen LogP) is 9.27. The molecule has 5 rings (SSSR count). The summed E-state index contributed by atoms with van der Waals surface area (Å²) >= 11 is 0. The number of aromatic hydroxyl groups is 2. The molecule has 0 aliphatic heterocycles. The van der Waals surface area contributed by atoms with E-state index >= 15 is 0 Å². The van der Waals surface area contributed by atoms with Gasteiger partial charge < -0.3 is 10.2 Å². The highest BCUT2D eigenvalue weighted by molar-refractivity contribution is 5.97. The number of hydrogen-bond acceptors (Lipinski definition) is 4. The van der Waals surface area contributed by atoms with Crippen molar-refractivity contribution in [2.24, 2.45) is 10.2 Å². The van der Waals surface area contributed by atoms with E-state index < -0.39 is 11.7 Å². The van der Waals surface area contributed by atoms with Crippen molar-refractivity contribution in [3.8, 4) is 28.4 Å². The van der Waals surface area contributed by atoms with Crippen LogP contribution in [0.3, 0.4) is 0 Å². The van der Waals surface area contributed by atoms with Gasteiger partial charge >= 0.3 is 6.18 Å². The van der Waals surface area contributed by atoms with Crippen LogP contribution in [0.4, 0.5) is 24.5 Å². The van der Waals surface area contributed by atoms with Crippen LogP contribution in [0.1, 0.15) is 30.9 Å². The summed E-state index contributed by atoms with van der Waals surface area (Å²) in [5, 5.41) is 30.7. The van der Waals surface area contributed by atoms with Crippen LogP contribution in [-0.4, -0.2) is 14.8 Å². The molecule has 5 aromatic rings. The number of phenolic OH excluding ortho intramolecular Hbond substituents is 1. The van der Waals surface area contributed by atoms with Crippen LogP contribution < -0.4 is 0 Å². The summed E-state index contributed by atoms with van der Waals surface area (Å²) in [7, 11) is 0. The molecule has 1 heterocycles. The Bertz CT molecular complexity index is 1640. The van der Waals surface area contributed by atoms with Crippen LogP contribution in [0.15, 0.2) is 101 Å². The van der Waals surface area contributed by atoms with Crippen molar-refractivity contribution in [1.29, 1.82) is 0 Å². The molecule has 0 amide bonds. The van der Waals surface area contributed by atoms with Gasteiger partial charge in [0.15, 0.2) is 11.4 Å². The second-order valence-corrected chi connectivity index (χ2v) is 9.22. The fourth-order valence-electron chi connectivity index (χ4n) is 4.37. The number of fused-ring (bicyclic) bond motifs is 1. The highest BCUT2D eigenvalue weighted by Crippen LogP contribution is 2.45. The fourth-order valence-corrected chi connectivity index (χ4v) is 4.37. The Kier molecular flexibility index (Phi) is 6.40. The zero-order valence-electron chi connectivity index (χ0n) is 20.6. The molecule has 5 nitrogen and oxygen atoms in total. The Morgan fingerprint density at radius 2 is 1.50 bits per heavy atom. The highest BCUT2D eigenvalue weighted by Gasteiger charge is 2.32. The van der Waals surface area contributed by atoms with Crippen LogP contribution in [0.2, 0.25) is 0 Å². The molecule has 0 aliphatic rings. The molecule has 0 spiro atoms. The Balaban J connectivity index is 1.65. The average molecular weight is 516 g/mol. The molecule has 2 N–H and O–H groups in total. The number of rotatable bonds is 5. The van der Waals surface area contributed by atoms with E-state index in [9.17, 15) is 23.4 Å². The molecule has 4 aromatic carbocycles. The number of alkyl halides is 3. The van der Waals surface area contributed by atoms with Gasteiger partial charge in [0.25, 0.3) is 0 Å². The predicted molar refractivity (Wildman–Crippen MR) is 142 cm³/mol. The van der Waals surface area contributed by atoms with Crippen LogP contribution in [0.25, 0.3) is 27.7 Å². The lowest BCUT2D eigenvalue weighted by Crippen LogP contribution is -2.05. The van der Waals surface area contributed by atoms with Crippen molar-refractivity contribution in [1.82, 2.24) is 4.57 Å². The fraction of sp³-hybridized carbons (Fsp3) is 0.133. The lowest BCUT2D eigenvalue weighted by molar-refractivity contribution is -0.137. The van der Waals surface area contributed by atoms with E-state index in [1.165, 1.54) is 10.6 Å². The molecule has 8 heteroatoms. The van der Waals surface area contributed by atoms with Gasteiger partial charge in [-0.3, -0.25) is 4.57 Å². The van der Waals surface area contributed by atoms with E-state index in [0.29, 0.717) is 11.3 Å². The van der Waals surface area contributed by atoms with Crippen molar-refractivity contribution in [3.63, 3.8) is 0 Å². The summed E-state index contributed by atoms with van der Waals surface area (Å²) in [4.78, 5) is 0. The maximum Gasteiger partial charge on any atom is 0.416 e. The number of benzene rings is 4. The van der Waals surface area contributed by atoms with Gasteiger partial charge in [-0.1, -0.05) is 68.4 Å². The van der Waals surface area contributed by atoms with E-state index in [2.05, 4.69) is 10.2 Å². The molecule has 0 aliphatic carbocycles. The molecule has 0 atom stereocenters. The van der Waals surface area contributed by atoms with Gasteiger partial charge in [0, 0.05) is 16.6 Å². The first-order valence-electron chi connectivity index (χ1n) is 12.0. The number of azo groups is 1. The Labute approximate surface area is 217 Å². The summed E-state index contributed by atoms with van der Waals surface area (Å²) in [5.74, 6) is -0.201. The van der Waals surface area contributed by atoms with Gasteiger partial charge in [0.1, 0.15) is 5.69 Å². The van der Waals surface area contributed by atoms with Crippen LogP contribution >= 0.6 is 0 Å². The third-order valence-electron chi connectivity index (χ3n) is 6.42. The SMILES string of the molecule is CC(C)c1ccc(-n2c(O)c(N=Nc3cccc(-c4ccccc4)c3O)c3ccc(C(F)(F)F)cc32)cc1. The standard InChI is InChI=1S/C30H24F3N3O2/c1-18(2)19-11-14-22(15-12-19)36-26-17-21(30(31,32)33)13-16-24(26)27(29(36)38)35-34-25-10-6-9-23(28(25)37)20-7-4-3-5-8-20/h3-18,37-38H,1-2H3. The molecule has 0 saturated carbocycles. The number of phenols is 1. The third kappa shape index (κ3) is 4.61. The highest BCUT2D eigenvalue weighted by atomic mass is 19.4. The van der Waals surface area contributed by atoms with Crippen LogP contribution in [0, 0.1) is 0 Å². The first-order chi connectivity index (χ1) is 18.1. The topological polar surface area (TPSA) is 70.1 Å². The van der Waals surface area contributed by atoms with Gasteiger partial charge in [-0.05, 0) is 53.4 Å². The lowest BCUT2D eigenvalue weighted by atomic mass is 10.0. The van der Waals surface area contributed by atoms with Crippen molar-refractivity contribution >= 4 is 22.3 Å². The minimum absolute atomic E-state index is 0.00817. The molecule has 1 aromatic heterocycles. The number of hydrogen-bond donors (Lipinski definition) is 2. The lowest BCUT2D eigenvalue weighted by Gasteiger charge is -2.11. The number of para-hydroxylation sites is 1. The quantitative estimate of drug-likeness (QED) is 0.229. The summed E-state index contributed by atoms with van der Waals surface area (Å²) in [6.45, 7) is 4.07. The molecule has 192 valence electrons. The monoisotopic (exact) mass is 515 g/mol. The van der Waals surface area contributed by atoms with Gasteiger partial charge in [-0.25, -0.2) is 0 Å². The first-order valence-corrected chi connectivity index (χ1v) is 12.0. The van der Waals surface area contributed by atoms with Gasteiger partial charge in [0.05, 0.1) is 11.1 Å². The number of nitrogens with zero attached hydrogens (tertiary/aromatic N) is 3. The van der Waals surface area contributed by atoms with Crippen molar-refractivity contribution in [2.45, 2.75) is 25.9 Å².